The maximum atomic E-state index is 4.65. The minimum atomic E-state index is 0.287. The Labute approximate surface area is 149 Å². The van der Waals surface area contributed by atoms with Gasteiger partial charge in [-0.1, -0.05) is 24.3 Å². The normalized spacial score (nSPS) is 17.1. The number of aryl methyl sites for hydroxylation is 2. The molecule has 1 fully saturated rings. The highest BCUT2D eigenvalue weighted by Gasteiger charge is 2.13. The number of piperazine rings is 1. The summed E-state index contributed by atoms with van der Waals surface area (Å²) in [4.78, 5) is 8.48. The van der Waals surface area contributed by atoms with Crippen molar-refractivity contribution in [3.8, 4) is 0 Å². The van der Waals surface area contributed by atoms with Crippen LogP contribution >= 0.6 is 11.3 Å². The van der Waals surface area contributed by atoms with Crippen molar-refractivity contribution in [2.45, 2.75) is 39.9 Å². The predicted molar refractivity (Wildman–Crippen MR) is 101 cm³/mol. The molecule has 0 spiro atoms. The Morgan fingerprint density at radius 1 is 1.17 bits per heavy atom. The second-order valence-corrected chi connectivity index (χ2v) is 8.03. The van der Waals surface area contributed by atoms with E-state index in [1.165, 1.54) is 21.7 Å². The largest absolute Gasteiger partial charge is 0.314 e. The first-order chi connectivity index (χ1) is 11.6. The summed E-state index contributed by atoms with van der Waals surface area (Å²) in [7, 11) is 0. The van der Waals surface area contributed by atoms with E-state index in [1.807, 2.05) is 0 Å². The second kappa shape index (κ2) is 8.21. The number of hydrogen-bond acceptors (Lipinski definition) is 5. The van der Waals surface area contributed by atoms with Gasteiger partial charge in [-0.2, -0.15) is 0 Å². The third-order valence-electron chi connectivity index (χ3n) is 4.60. The number of aromatic nitrogens is 1. The summed E-state index contributed by atoms with van der Waals surface area (Å²) in [6, 6.07) is 9.31. The van der Waals surface area contributed by atoms with Crippen LogP contribution in [-0.4, -0.2) is 36.1 Å². The minimum Gasteiger partial charge on any atom is -0.314 e. The summed E-state index contributed by atoms with van der Waals surface area (Å²) in [6.07, 6.45) is 0. The highest BCUT2D eigenvalue weighted by molar-refractivity contribution is 7.11. The van der Waals surface area contributed by atoms with Crippen molar-refractivity contribution < 1.29 is 0 Å². The molecule has 1 aromatic heterocycles. The molecule has 0 saturated carbocycles. The van der Waals surface area contributed by atoms with Gasteiger partial charge in [0, 0.05) is 50.2 Å². The van der Waals surface area contributed by atoms with E-state index in [9.17, 15) is 0 Å². The molecule has 1 aliphatic heterocycles. The zero-order valence-electron chi connectivity index (χ0n) is 14.9. The molecule has 0 bridgehead atoms. The quantitative estimate of drug-likeness (QED) is 0.845. The molecule has 130 valence electrons. The third-order valence-corrected chi connectivity index (χ3v) is 5.50. The second-order valence-electron chi connectivity index (χ2n) is 6.62. The lowest BCUT2D eigenvalue weighted by Crippen LogP contribution is -2.42. The van der Waals surface area contributed by atoms with Crippen LogP contribution in [0.2, 0.25) is 0 Å². The number of nitrogens with zero attached hydrogens (tertiary/aromatic N) is 2. The van der Waals surface area contributed by atoms with Crippen LogP contribution in [0.5, 0.6) is 0 Å². The molecule has 2 N–H and O–H groups in total. The third kappa shape index (κ3) is 4.63. The van der Waals surface area contributed by atoms with Gasteiger partial charge in [-0.05, 0) is 31.9 Å². The summed E-state index contributed by atoms with van der Waals surface area (Å²) in [6.45, 7) is 12.9. The number of hydrogen-bond donors (Lipinski definition) is 2. The van der Waals surface area contributed by atoms with E-state index in [-0.39, 0.29) is 6.04 Å². The lowest BCUT2D eigenvalue weighted by atomic mass is 10.1. The van der Waals surface area contributed by atoms with Crippen LogP contribution in [0, 0.1) is 13.8 Å². The summed E-state index contributed by atoms with van der Waals surface area (Å²) in [5.41, 5.74) is 3.92. The molecule has 2 heterocycles. The van der Waals surface area contributed by atoms with E-state index in [2.05, 4.69) is 65.6 Å². The van der Waals surface area contributed by atoms with E-state index in [0.29, 0.717) is 0 Å². The number of nitrogens with one attached hydrogen (secondary N) is 2. The molecule has 24 heavy (non-hydrogen) atoms. The molecule has 0 radical (unpaired) electrons. The summed E-state index contributed by atoms with van der Waals surface area (Å²) < 4.78 is 0. The van der Waals surface area contributed by atoms with Crippen LogP contribution in [0.4, 0.5) is 0 Å². The van der Waals surface area contributed by atoms with Crippen molar-refractivity contribution in [2.24, 2.45) is 0 Å². The van der Waals surface area contributed by atoms with E-state index in [1.54, 1.807) is 11.3 Å². The van der Waals surface area contributed by atoms with Crippen molar-refractivity contribution in [3.05, 3.63) is 51.0 Å². The van der Waals surface area contributed by atoms with Gasteiger partial charge in [-0.15, -0.1) is 11.3 Å². The monoisotopic (exact) mass is 344 g/mol. The van der Waals surface area contributed by atoms with E-state index in [4.69, 9.17) is 0 Å². The molecule has 0 amide bonds. The van der Waals surface area contributed by atoms with Gasteiger partial charge < -0.3 is 10.6 Å². The Kier molecular flexibility index (Phi) is 6.00. The Morgan fingerprint density at radius 3 is 2.46 bits per heavy atom. The van der Waals surface area contributed by atoms with Gasteiger partial charge in [-0.3, -0.25) is 4.90 Å². The molecule has 5 heteroatoms. The Morgan fingerprint density at radius 2 is 1.83 bits per heavy atom. The van der Waals surface area contributed by atoms with Gasteiger partial charge in [0.2, 0.25) is 0 Å². The fourth-order valence-electron chi connectivity index (χ4n) is 3.20. The lowest BCUT2D eigenvalue weighted by Gasteiger charge is -2.27. The van der Waals surface area contributed by atoms with E-state index in [0.717, 1.165) is 44.3 Å². The average molecular weight is 345 g/mol. The number of benzene rings is 1. The highest BCUT2D eigenvalue weighted by atomic mass is 32.1. The van der Waals surface area contributed by atoms with Crippen molar-refractivity contribution in [1.82, 2.24) is 20.5 Å². The van der Waals surface area contributed by atoms with Crippen molar-refractivity contribution in [2.75, 3.05) is 26.2 Å². The van der Waals surface area contributed by atoms with Gasteiger partial charge in [0.15, 0.2) is 0 Å². The first kappa shape index (κ1) is 17.5. The maximum Gasteiger partial charge on any atom is 0.0900 e. The molecule has 1 unspecified atom stereocenters. The van der Waals surface area contributed by atoms with E-state index >= 15 is 0 Å². The lowest BCUT2D eigenvalue weighted by molar-refractivity contribution is 0.233. The van der Waals surface area contributed by atoms with Crippen LogP contribution in [0.1, 0.15) is 39.7 Å². The van der Waals surface area contributed by atoms with Crippen molar-refractivity contribution in [1.29, 1.82) is 0 Å². The smallest absolute Gasteiger partial charge is 0.0900 e. The molecule has 1 aliphatic rings. The molecule has 0 aliphatic carbocycles. The fraction of sp³-hybridized carbons (Fsp3) is 0.526. The molecule has 1 aromatic carbocycles. The highest BCUT2D eigenvalue weighted by Crippen LogP contribution is 2.22. The molecular weight excluding hydrogens is 316 g/mol. The molecule has 2 aromatic rings. The number of thiazole rings is 1. The van der Waals surface area contributed by atoms with Crippen LogP contribution in [0.3, 0.4) is 0 Å². The van der Waals surface area contributed by atoms with Crippen LogP contribution < -0.4 is 10.6 Å². The Bertz CT molecular complexity index is 644. The molecule has 1 atom stereocenters. The van der Waals surface area contributed by atoms with Crippen molar-refractivity contribution >= 4 is 11.3 Å². The Balaban J connectivity index is 1.51. The predicted octanol–water partition coefficient (Wildman–Crippen LogP) is 3.02. The molecule has 1 saturated heterocycles. The molecule has 4 nitrogen and oxygen atoms in total. The van der Waals surface area contributed by atoms with Crippen molar-refractivity contribution in [3.63, 3.8) is 0 Å². The summed E-state index contributed by atoms with van der Waals surface area (Å²) >= 11 is 1.78. The molecule has 3 rings (SSSR count). The topological polar surface area (TPSA) is 40.2 Å². The van der Waals surface area contributed by atoms with Crippen LogP contribution in [-0.2, 0) is 13.1 Å². The van der Waals surface area contributed by atoms with E-state index < -0.39 is 0 Å². The van der Waals surface area contributed by atoms with Gasteiger partial charge in [0.1, 0.15) is 0 Å². The fourth-order valence-corrected chi connectivity index (χ4v) is 4.12. The SMILES string of the molecule is Cc1nc(C(C)NCc2ccc(CN3CCNCC3)cc2)c(C)s1. The number of rotatable bonds is 6. The first-order valence-corrected chi connectivity index (χ1v) is 9.61. The summed E-state index contributed by atoms with van der Waals surface area (Å²) in [5, 5.41) is 8.14. The minimum absolute atomic E-state index is 0.287. The zero-order chi connectivity index (χ0) is 16.9. The van der Waals surface area contributed by atoms with Crippen LogP contribution in [0.15, 0.2) is 24.3 Å². The summed E-state index contributed by atoms with van der Waals surface area (Å²) in [5.74, 6) is 0. The standard InChI is InChI=1S/C19H28N4S/c1-14(19-15(2)24-16(3)22-19)21-12-17-4-6-18(7-5-17)13-23-10-8-20-9-11-23/h4-7,14,20-21H,8-13H2,1-3H3. The molecular formula is C19H28N4S. The average Bonchev–Trinajstić information content (AvgIpc) is 2.93. The zero-order valence-corrected chi connectivity index (χ0v) is 15.7. The van der Waals surface area contributed by atoms with Gasteiger partial charge >= 0.3 is 0 Å². The van der Waals surface area contributed by atoms with Gasteiger partial charge in [0.25, 0.3) is 0 Å². The van der Waals surface area contributed by atoms with Crippen LogP contribution in [0.25, 0.3) is 0 Å². The Hall–Kier alpha value is -1.27. The first-order valence-electron chi connectivity index (χ1n) is 8.80. The van der Waals surface area contributed by atoms with Gasteiger partial charge in [-0.25, -0.2) is 4.98 Å². The van der Waals surface area contributed by atoms with Gasteiger partial charge in [0.05, 0.1) is 10.7 Å². The maximum absolute atomic E-state index is 4.65.